The van der Waals surface area contributed by atoms with Gasteiger partial charge in [-0.05, 0) is 78.9 Å². The van der Waals surface area contributed by atoms with Gasteiger partial charge in [0, 0.05) is 22.4 Å². The summed E-state index contributed by atoms with van der Waals surface area (Å²) in [6, 6.07) is 5.35. The highest BCUT2D eigenvalue weighted by atomic mass is 16.5. The molecule has 2 aromatic rings. The molecule has 2 aliphatic rings. The molecule has 1 aromatic carbocycles. The van der Waals surface area contributed by atoms with E-state index < -0.39 is 30.1 Å². The minimum absolute atomic E-state index is 0.269. The molecule has 0 aliphatic heterocycles. The lowest BCUT2D eigenvalue weighted by atomic mass is 9.70. The number of aliphatic hydroxyl groups excluding tert-OH is 4. The van der Waals surface area contributed by atoms with Crippen molar-refractivity contribution in [2.24, 2.45) is 5.73 Å². The SMILES string of the molecule is CC1(C)c2cc(OCC(O)C(O)O)ccc2C(O)c2c1[nH]c1c2CCC(C(O)NCCC/C=C\N)=C1. The topological polar surface area (TPSA) is 164 Å². The highest BCUT2D eigenvalue weighted by Gasteiger charge is 2.41. The monoisotopic (exact) mass is 499 g/mol. The molecule has 9 N–H and O–H groups in total. The molecular weight excluding hydrogens is 462 g/mol. The number of unbranched alkanes of at least 4 members (excludes halogenated alkanes) is 1. The average Bonchev–Trinajstić information content (AvgIpc) is 3.26. The Kier molecular flexibility index (Phi) is 7.89. The number of rotatable bonds is 10. The van der Waals surface area contributed by atoms with Crippen LogP contribution in [0.3, 0.4) is 0 Å². The van der Waals surface area contributed by atoms with Crippen molar-refractivity contribution in [3.05, 3.63) is 69.7 Å². The van der Waals surface area contributed by atoms with Gasteiger partial charge in [-0.15, -0.1) is 0 Å². The first-order valence-electron chi connectivity index (χ1n) is 12.4. The molecule has 1 aromatic heterocycles. The molecule has 9 heteroatoms. The quantitative estimate of drug-likeness (QED) is 0.179. The molecule has 1 heterocycles. The predicted molar refractivity (Wildman–Crippen MR) is 136 cm³/mol. The molecule has 9 nitrogen and oxygen atoms in total. The van der Waals surface area contributed by atoms with E-state index in [1.54, 1.807) is 6.07 Å². The zero-order chi connectivity index (χ0) is 26.0. The zero-order valence-electron chi connectivity index (χ0n) is 20.7. The first-order chi connectivity index (χ1) is 17.1. The number of hydrogen-bond donors (Lipinski definition) is 8. The highest BCUT2D eigenvalue weighted by molar-refractivity contribution is 5.66. The van der Waals surface area contributed by atoms with E-state index in [0.29, 0.717) is 25.1 Å². The fraction of sp³-hybridized carbons (Fsp3) is 0.481. The van der Waals surface area contributed by atoms with E-state index >= 15 is 0 Å². The average molecular weight is 500 g/mol. The maximum atomic E-state index is 11.4. The second-order valence-corrected chi connectivity index (χ2v) is 10.0. The van der Waals surface area contributed by atoms with Crippen molar-refractivity contribution in [1.82, 2.24) is 10.3 Å². The third-order valence-electron chi connectivity index (χ3n) is 7.20. The van der Waals surface area contributed by atoms with Crippen molar-refractivity contribution in [2.45, 2.75) is 69.7 Å². The number of H-pyrrole nitrogens is 1. The third-order valence-corrected chi connectivity index (χ3v) is 7.20. The Hall–Kier alpha value is -2.66. The van der Waals surface area contributed by atoms with E-state index in [2.05, 4.69) is 24.1 Å². The van der Waals surface area contributed by atoms with Crippen LogP contribution in [0.4, 0.5) is 0 Å². The van der Waals surface area contributed by atoms with E-state index in [4.69, 9.17) is 20.7 Å². The second kappa shape index (κ2) is 10.8. The minimum Gasteiger partial charge on any atom is -0.491 e. The number of ether oxygens (including phenoxy) is 1. The summed E-state index contributed by atoms with van der Waals surface area (Å²) in [6.45, 7) is 4.56. The molecule has 0 bridgehead atoms. The smallest absolute Gasteiger partial charge is 0.181 e. The van der Waals surface area contributed by atoms with Crippen LogP contribution in [-0.2, 0) is 11.8 Å². The standard InChI is InChI=1S/C27H37N3O6/c1-27(2)19-13-16(36-14-21(31)26(34)35)7-9-17(19)23(32)22-18-8-6-15(12-20(18)30-24(22)27)25(33)29-11-5-3-4-10-28/h4,7,9-10,12-13,21,23,25-26,29-35H,3,5-6,8,11,14,28H2,1-2H3/b10-4-. The number of aromatic nitrogens is 1. The Bertz CT molecular complexity index is 1140. The molecule has 0 saturated carbocycles. The normalized spacial score (nSPS) is 20.0. The summed E-state index contributed by atoms with van der Waals surface area (Å²) < 4.78 is 5.57. The van der Waals surface area contributed by atoms with Crippen LogP contribution in [0.1, 0.15) is 72.9 Å². The molecule has 0 radical (unpaired) electrons. The Morgan fingerprint density at radius 1 is 1.22 bits per heavy atom. The third kappa shape index (κ3) is 5.08. The molecule has 3 unspecified atom stereocenters. The molecule has 0 fully saturated rings. The predicted octanol–water partition coefficient (Wildman–Crippen LogP) is 1.28. The van der Waals surface area contributed by atoms with Crippen LogP contribution in [0.2, 0.25) is 0 Å². The summed E-state index contributed by atoms with van der Waals surface area (Å²) in [5, 5.41) is 53.0. The number of hydrogen-bond acceptors (Lipinski definition) is 8. The molecule has 2 aliphatic carbocycles. The molecule has 0 saturated heterocycles. The van der Waals surface area contributed by atoms with Crippen molar-refractivity contribution in [2.75, 3.05) is 13.2 Å². The lowest BCUT2D eigenvalue weighted by Gasteiger charge is -2.36. The van der Waals surface area contributed by atoms with Crippen molar-refractivity contribution < 1.29 is 30.3 Å². The Morgan fingerprint density at radius 3 is 2.72 bits per heavy atom. The molecular formula is C27H37N3O6. The summed E-state index contributed by atoms with van der Waals surface area (Å²) in [5.74, 6) is 0.465. The summed E-state index contributed by atoms with van der Waals surface area (Å²) in [5.41, 5.74) is 11.2. The van der Waals surface area contributed by atoms with Crippen LogP contribution in [-0.4, -0.2) is 62.3 Å². The fourth-order valence-corrected chi connectivity index (χ4v) is 5.15. The van der Waals surface area contributed by atoms with Crippen LogP contribution in [0.15, 0.2) is 36.0 Å². The van der Waals surface area contributed by atoms with Gasteiger partial charge in [0.2, 0.25) is 0 Å². The summed E-state index contributed by atoms with van der Waals surface area (Å²) in [6.07, 6.45) is 3.71. The lowest BCUT2D eigenvalue weighted by Crippen LogP contribution is -2.32. The van der Waals surface area contributed by atoms with Gasteiger partial charge in [0.1, 0.15) is 30.8 Å². The highest BCUT2D eigenvalue weighted by Crippen LogP contribution is 2.49. The molecule has 0 amide bonds. The Balaban J connectivity index is 1.57. The van der Waals surface area contributed by atoms with Crippen molar-refractivity contribution in [3.8, 4) is 5.75 Å². The first-order valence-corrected chi connectivity index (χ1v) is 12.4. The molecule has 4 rings (SSSR count). The number of aliphatic hydroxyl groups is 5. The van der Waals surface area contributed by atoms with Crippen molar-refractivity contribution in [3.63, 3.8) is 0 Å². The summed E-state index contributed by atoms with van der Waals surface area (Å²) in [7, 11) is 0. The van der Waals surface area contributed by atoms with Crippen LogP contribution in [0, 0.1) is 0 Å². The van der Waals surface area contributed by atoms with Crippen molar-refractivity contribution in [1.29, 1.82) is 0 Å². The first kappa shape index (κ1) is 26.4. The fourth-order valence-electron chi connectivity index (χ4n) is 5.15. The van der Waals surface area contributed by atoms with Gasteiger partial charge in [0.05, 0.1) is 0 Å². The molecule has 196 valence electrons. The number of nitrogens with two attached hydrogens (primary N) is 1. The zero-order valence-corrected chi connectivity index (χ0v) is 20.7. The molecule has 3 atom stereocenters. The number of allylic oxidation sites excluding steroid dienone is 1. The van der Waals surface area contributed by atoms with Gasteiger partial charge in [0.25, 0.3) is 0 Å². The number of nitrogens with one attached hydrogen (secondary N) is 2. The molecule has 0 spiro atoms. The van der Waals surface area contributed by atoms with E-state index in [9.17, 15) is 15.3 Å². The van der Waals surface area contributed by atoms with Crippen LogP contribution in [0.25, 0.3) is 6.08 Å². The van der Waals surface area contributed by atoms with Gasteiger partial charge in [-0.2, -0.15) is 0 Å². The van der Waals surface area contributed by atoms with Crippen LogP contribution < -0.4 is 15.8 Å². The van der Waals surface area contributed by atoms with Gasteiger partial charge in [-0.3, -0.25) is 5.32 Å². The maximum absolute atomic E-state index is 11.4. The Morgan fingerprint density at radius 2 is 2.00 bits per heavy atom. The number of aromatic amines is 1. The number of fused-ring (bicyclic) bond motifs is 4. The summed E-state index contributed by atoms with van der Waals surface area (Å²) >= 11 is 0. The van der Waals surface area contributed by atoms with Crippen LogP contribution >= 0.6 is 0 Å². The van der Waals surface area contributed by atoms with E-state index in [1.165, 1.54) is 6.20 Å². The van der Waals surface area contributed by atoms with Gasteiger partial charge in [-0.1, -0.05) is 26.0 Å². The van der Waals surface area contributed by atoms with E-state index in [1.807, 2.05) is 24.3 Å². The molecule has 36 heavy (non-hydrogen) atoms. The van der Waals surface area contributed by atoms with E-state index in [-0.39, 0.29) is 6.61 Å². The maximum Gasteiger partial charge on any atom is 0.181 e. The van der Waals surface area contributed by atoms with Gasteiger partial charge in [0.15, 0.2) is 6.29 Å². The minimum atomic E-state index is -1.88. The second-order valence-electron chi connectivity index (χ2n) is 10.0. The van der Waals surface area contributed by atoms with Crippen molar-refractivity contribution >= 4 is 6.08 Å². The lowest BCUT2D eigenvalue weighted by molar-refractivity contribution is -0.131. The van der Waals surface area contributed by atoms with Gasteiger partial charge >= 0.3 is 0 Å². The van der Waals surface area contributed by atoms with Gasteiger partial charge in [-0.25, -0.2) is 0 Å². The van der Waals surface area contributed by atoms with E-state index in [0.717, 1.165) is 52.1 Å². The summed E-state index contributed by atoms with van der Waals surface area (Å²) in [4.78, 5) is 3.52. The van der Waals surface area contributed by atoms with Crippen LogP contribution in [0.5, 0.6) is 5.75 Å². The van der Waals surface area contributed by atoms with Gasteiger partial charge < -0.3 is 41.0 Å². The Labute approximate surface area is 210 Å². The largest absolute Gasteiger partial charge is 0.491 e. The number of benzene rings is 1.